The lowest BCUT2D eigenvalue weighted by Crippen LogP contribution is -2.18. The van der Waals surface area contributed by atoms with Crippen LogP contribution in [0, 0.1) is 6.92 Å². The second-order valence-electron chi connectivity index (χ2n) is 4.04. The molecule has 1 aromatic heterocycles. The first-order valence-electron chi connectivity index (χ1n) is 5.34. The molecule has 0 amide bonds. The molecule has 0 radical (unpaired) electrons. The number of anilines is 2. The molecule has 0 spiro atoms. The van der Waals surface area contributed by atoms with Crippen molar-refractivity contribution in [3.63, 3.8) is 0 Å². The lowest BCUT2D eigenvalue weighted by molar-refractivity contribution is 0.902. The van der Waals surface area contributed by atoms with E-state index in [-0.39, 0.29) is 0 Å². The summed E-state index contributed by atoms with van der Waals surface area (Å²) in [6.07, 6.45) is 0. The van der Waals surface area contributed by atoms with Gasteiger partial charge in [0.05, 0.1) is 0 Å². The summed E-state index contributed by atoms with van der Waals surface area (Å²) in [6, 6.07) is 8.22. The Bertz CT molecular complexity index is 504. The Balaban J connectivity index is 2.14. The van der Waals surface area contributed by atoms with Crippen molar-refractivity contribution < 1.29 is 0 Å². The Hall–Kier alpha value is -1.49. The number of nitrogen functional groups attached to an aromatic ring is 1. The Labute approximate surface area is 109 Å². The maximum Gasteiger partial charge on any atom is 0.171 e. The molecule has 0 aliphatic carbocycles. The molecule has 1 heterocycles. The number of aromatic nitrogens is 2. The number of nitrogens with zero attached hydrogens (tertiary/aromatic N) is 2. The van der Waals surface area contributed by atoms with Crippen LogP contribution >= 0.6 is 15.9 Å². The molecule has 0 saturated carbocycles. The van der Waals surface area contributed by atoms with Crippen LogP contribution in [0.3, 0.4) is 0 Å². The zero-order valence-corrected chi connectivity index (χ0v) is 11.5. The fourth-order valence-corrected chi connectivity index (χ4v) is 1.99. The highest BCUT2D eigenvalue weighted by molar-refractivity contribution is 9.10. The van der Waals surface area contributed by atoms with Crippen molar-refractivity contribution in [1.82, 2.24) is 9.97 Å². The van der Waals surface area contributed by atoms with Gasteiger partial charge in [0.2, 0.25) is 0 Å². The van der Waals surface area contributed by atoms with E-state index in [1.807, 2.05) is 31.0 Å². The fraction of sp³-hybridized carbons (Fsp3) is 0.250. The highest BCUT2D eigenvalue weighted by atomic mass is 79.9. The molecular formula is C12H15BrN4. The van der Waals surface area contributed by atoms with Gasteiger partial charge in [-0.05, 0) is 24.6 Å². The third kappa shape index (κ3) is 2.79. The first-order chi connectivity index (χ1) is 8.06. The number of imidazole rings is 1. The van der Waals surface area contributed by atoms with Crippen molar-refractivity contribution in [3.05, 3.63) is 40.1 Å². The summed E-state index contributed by atoms with van der Waals surface area (Å²) in [4.78, 5) is 9.39. The van der Waals surface area contributed by atoms with Crippen molar-refractivity contribution in [2.75, 3.05) is 17.7 Å². The van der Waals surface area contributed by atoms with Gasteiger partial charge >= 0.3 is 0 Å². The van der Waals surface area contributed by atoms with Crippen LogP contribution in [0.2, 0.25) is 0 Å². The molecule has 17 heavy (non-hydrogen) atoms. The van der Waals surface area contributed by atoms with Crippen LogP contribution in [-0.2, 0) is 6.54 Å². The van der Waals surface area contributed by atoms with Gasteiger partial charge in [0.15, 0.2) is 5.82 Å². The molecule has 5 heteroatoms. The summed E-state index contributed by atoms with van der Waals surface area (Å²) in [5, 5.41) is 0. The van der Waals surface area contributed by atoms with E-state index in [0.29, 0.717) is 5.82 Å². The molecule has 0 aliphatic rings. The van der Waals surface area contributed by atoms with Crippen molar-refractivity contribution in [2.45, 2.75) is 13.5 Å². The Kier molecular flexibility index (Phi) is 3.38. The SMILES string of the molecule is Cc1nc(N(C)Cc2ccc(Br)cc2)c(N)[nH]1. The summed E-state index contributed by atoms with van der Waals surface area (Å²) in [5.41, 5.74) is 7.07. The van der Waals surface area contributed by atoms with E-state index < -0.39 is 0 Å². The molecule has 3 N–H and O–H groups in total. The molecule has 0 atom stereocenters. The zero-order valence-electron chi connectivity index (χ0n) is 9.87. The van der Waals surface area contributed by atoms with Crippen LogP contribution < -0.4 is 10.6 Å². The molecule has 1 aromatic carbocycles. The third-order valence-corrected chi connectivity index (χ3v) is 3.05. The minimum Gasteiger partial charge on any atom is -0.382 e. The van der Waals surface area contributed by atoms with E-state index in [2.05, 4.69) is 38.0 Å². The van der Waals surface area contributed by atoms with Crippen LogP contribution in [0.1, 0.15) is 11.4 Å². The van der Waals surface area contributed by atoms with E-state index in [9.17, 15) is 0 Å². The van der Waals surface area contributed by atoms with Crippen molar-refractivity contribution in [2.24, 2.45) is 0 Å². The third-order valence-electron chi connectivity index (χ3n) is 2.52. The van der Waals surface area contributed by atoms with Crippen LogP contribution in [0.25, 0.3) is 0 Å². The Morgan fingerprint density at radius 1 is 1.35 bits per heavy atom. The van der Waals surface area contributed by atoms with Gasteiger partial charge in [-0.3, -0.25) is 0 Å². The average Bonchev–Trinajstić information content (AvgIpc) is 2.61. The first-order valence-corrected chi connectivity index (χ1v) is 6.13. The molecule has 0 unspecified atom stereocenters. The normalized spacial score (nSPS) is 10.5. The predicted octanol–water partition coefficient (Wildman–Crippen LogP) is 2.70. The number of hydrogen-bond donors (Lipinski definition) is 2. The van der Waals surface area contributed by atoms with Gasteiger partial charge in [0.1, 0.15) is 11.6 Å². The standard InChI is InChI=1S/C12H15BrN4/c1-8-15-11(14)12(16-8)17(2)7-9-3-5-10(13)6-4-9/h3-6H,7,14H2,1-2H3,(H,15,16). The summed E-state index contributed by atoms with van der Waals surface area (Å²) >= 11 is 3.42. The minimum absolute atomic E-state index is 0.613. The lowest BCUT2D eigenvalue weighted by Gasteiger charge is -2.17. The molecule has 0 saturated heterocycles. The quantitative estimate of drug-likeness (QED) is 0.915. The number of H-pyrrole nitrogens is 1. The van der Waals surface area contributed by atoms with E-state index in [1.54, 1.807) is 0 Å². The van der Waals surface area contributed by atoms with Gasteiger partial charge < -0.3 is 15.6 Å². The molecule has 4 nitrogen and oxygen atoms in total. The van der Waals surface area contributed by atoms with Gasteiger partial charge in [-0.2, -0.15) is 0 Å². The van der Waals surface area contributed by atoms with Gasteiger partial charge in [0.25, 0.3) is 0 Å². The fourth-order valence-electron chi connectivity index (χ4n) is 1.73. The maximum atomic E-state index is 5.85. The Morgan fingerprint density at radius 2 is 2.00 bits per heavy atom. The molecule has 2 aromatic rings. The first kappa shape index (κ1) is 12.0. The number of benzene rings is 1. The topological polar surface area (TPSA) is 57.9 Å². The predicted molar refractivity (Wildman–Crippen MR) is 74.0 cm³/mol. The minimum atomic E-state index is 0.613. The van der Waals surface area contributed by atoms with Gasteiger partial charge in [-0.25, -0.2) is 4.98 Å². The van der Waals surface area contributed by atoms with Crippen LogP contribution in [0.5, 0.6) is 0 Å². The van der Waals surface area contributed by atoms with Gasteiger partial charge in [-0.15, -0.1) is 0 Å². The van der Waals surface area contributed by atoms with Crippen molar-refractivity contribution in [3.8, 4) is 0 Å². The summed E-state index contributed by atoms with van der Waals surface area (Å²) in [5.74, 6) is 2.24. The molecule has 0 aliphatic heterocycles. The number of hydrogen-bond acceptors (Lipinski definition) is 3. The van der Waals surface area contributed by atoms with Crippen molar-refractivity contribution >= 4 is 27.6 Å². The van der Waals surface area contributed by atoms with E-state index >= 15 is 0 Å². The monoisotopic (exact) mass is 294 g/mol. The van der Waals surface area contributed by atoms with Gasteiger partial charge in [-0.1, -0.05) is 28.1 Å². The maximum absolute atomic E-state index is 5.85. The second kappa shape index (κ2) is 4.79. The molecule has 90 valence electrons. The van der Waals surface area contributed by atoms with Crippen LogP contribution in [0.4, 0.5) is 11.6 Å². The smallest absolute Gasteiger partial charge is 0.171 e. The molecule has 0 fully saturated rings. The van der Waals surface area contributed by atoms with E-state index in [4.69, 9.17) is 5.73 Å². The second-order valence-corrected chi connectivity index (χ2v) is 4.96. The number of nitrogens with two attached hydrogens (primary N) is 1. The van der Waals surface area contributed by atoms with E-state index in [1.165, 1.54) is 5.56 Å². The number of aromatic amines is 1. The van der Waals surface area contributed by atoms with E-state index in [0.717, 1.165) is 22.7 Å². The summed E-state index contributed by atoms with van der Waals surface area (Å²) in [7, 11) is 1.98. The zero-order chi connectivity index (χ0) is 12.4. The lowest BCUT2D eigenvalue weighted by atomic mass is 10.2. The Morgan fingerprint density at radius 3 is 2.53 bits per heavy atom. The number of aryl methyl sites for hydroxylation is 1. The summed E-state index contributed by atoms with van der Waals surface area (Å²) in [6.45, 7) is 2.68. The highest BCUT2D eigenvalue weighted by Gasteiger charge is 2.10. The summed E-state index contributed by atoms with van der Waals surface area (Å²) < 4.78 is 1.08. The number of rotatable bonds is 3. The highest BCUT2D eigenvalue weighted by Crippen LogP contribution is 2.20. The van der Waals surface area contributed by atoms with Crippen LogP contribution in [-0.4, -0.2) is 17.0 Å². The largest absolute Gasteiger partial charge is 0.382 e. The molecular weight excluding hydrogens is 280 g/mol. The number of halogens is 1. The average molecular weight is 295 g/mol. The molecule has 2 rings (SSSR count). The van der Waals surface area contributed by atoms with Crippen LogP contribution in [0.15, 0.2) is 28.7 Å². The number of nitrogens with one attached hydrogen (secondary N) is 1. The van der Waals surface area contributed by atoms with Crippen molar-refractivity contribution in [1.29, 1.82) is 0 Å². The van der Waals surface area contributed by atoms with Gasteiger partial charge in [0, 0.05) is 18.1 Å². The molecule has 0 bridgehead atoms.